The molecule has 1 aliphatic rings. The average Bonchev–Trinajstić information content (AvgIpc) is 2.27. The molecule has 1 saturated heterocycles. The van der Waals surface area contributed by atoms with E-state index in [4.69, 9.17) is 16.3 Å². The van der Waals surface area contributed by atoms with Crippen molar-refractivity contribution >= 4 is 39.3 Å². The Bertz CT molecular complexity index is 391. The Morgan fingerprint density at radius 1 is 1.47 bits per heavy atom. The molecule has 0 bridgehead atoms. The molecule has 5 heteroatoms. The van der Waals surface area contributed by atoms with Crippen LogP contribution >= 0.6 is 39.3 Å². The zero-order chi connectivity index (χ0) is 12.3. The first-order chi connectivity index (χ1) is 8.15. The summed E-state index contributed by atoms with van der Waals surface area (Å²) in [6.45, 7) is 1.54. The second-order valence-electron chi connectivity index (χ2n) is 4.38. The molecule has 1 fully saturated rings. The number of rotatable bonds is 5. The molecule has 0 spiro atoms. The van der Waals surface area contributed by atoms with Crippen LogP contribution < -0.4 is 0 Å². The van der Waals surface area contributed by atoms with E-state index in [-0.39, 0.29) is 12.0 Å². The summed E-state index contributed by atoms with van der Waals surface area (Å²) in [7, 11) is 0. The van der Waals surface area contributed by atoms with Gasteiger partial charge in [-0.3, -0.25) is 0 Å². The lowest BCUT2D eigenvalue weighted by Crippen LogP contribution is -2.47. The van der Waals surface area contributed by atoms with Gasteiger partial charge in [-0.15, -0.1) is 0 Å². The lowest BCUT2D eigenvalue weighted by Gasteiger charge is -2.39. The summed E-state index contributed by atoms with van der Waals surface area (Å²) in [6, 6.07) is 5.87. The van der Waals surface area contributed by atoms with Gasteiger partial charge in [0, 0.05) is 26.4 Å². The first-order valence-corrected chi connectivity index (χ1v) is 7.68. The predicted octanol–water partition coefficient (Wildman–Crippen LogP) is 3.34. The van der Waals surface area contributed by atoms with Crippen molar-refractivity contribution in [1.82, 2.24) is 0 Å². The third kappa shape index (κ3) is 3.38. The van der Waals surface area contributed by atoms with Gasteiger partial charge in [0.2, 0.25) is 0 Å². The molecule has 1 aromatic carbocycles. The van der Waals surface area contributed by atoms with Crippen molar-refractivity contribution in [3.8, 4) is 0 Å². The number of ether oxygens (including phenoxy) is 1. The summed E-state index contributed by atoms with van der Waals surface area (Å²) in [5.74, 6) is 1.77. The standard InChI is InChI=1S/C12H14BrClO2S/c13-10-1-2-11(14)9(3-10)4-17-8-12(5-15)6-16-7-12/h1-3,15H,4-8H2. The van der Waals surface area contributed by atoms with Gasteiger partial charge in [-0.25, -0.2) is 0 Å². The van der Waals surface area contributed by atoms with Gasteiger partial charge in [0.25, 0.3) is 0 Å². The van der Waals surface area contributed by atoms with Crippen molar-refractivity contribution < 1.29 is 9.84 Å². The molecule has 1 N–H and O–H groups in total. The van der Waals surface area contributed by atoms with E-state index in [1.807, 2.05) is 18.2 Å². The van der Waals surface area contributed by atoms with Crippen LogP contribution in [-0.2, 0) is 10.5 Å². The molecule has 0 aliphatic carbocycles. The average molecular weight is 338 g/mol. The van der Waals surface area contributed by atoms with E-state index in [1.54, 1.807) is 11.8 Å². The van der Waals surface area contributed by atoms with Gasteiger partial charge in [0.1, 0.15) is 0 Å². The topological polar surface area (TPSA) is 29.5 Å². The quantitative estimate of drug-likeness (QED) is 0.893. The first-order valence-electron chi connectivity index (χ1n) is 5.35. The molecule has 17 heavy (non-hydrogen) atoms. The first kappa shape index (κ1) is 13.7. The number of halogens is 2. The lowest BCUT2D eigenvalue weighted by molar-refractivity contribution is -0.121. The SMILES string of the molecule is OCC1(CSCc2cc(Br)ccc2Cl)COC1. The van der Waals surface area contributed by atoms with Crippen molar-refractivity contribution in [3.63, 3.8) is 0 Å². The summed E-state index contributed by atoms with van der Waals surface area (Å²) in [5.41, 5.74) is 1.10. The maximum atomic E-state index is 9.31. The molecule has 1 heterocycles. The van der Waals surface area contributed by atoms with E-state index >= 15 is 0 Å². The van der Waals surface area contributed by atoms with Crippen LogP contribution in [0.2, 0.25) is 5.02 Å². The van der Waals surface area contributed by atoms with Crippen LogP contribution in [0.15, 0.2) is 22.7 Å². The van der Waals surface area contributed by atoms with Gasteiger partial charge in [0.05, 0.1) is 19.8 Å². The molecule has 94 valence electrons. The fourth-order valence-corrected chi connectivity index (χ4v) is 3.57. The molecule has 0 saturated carbocycles. The number of thioether (sulfide) groups is 1. The van der Waals surface area contributed by atoms with Crippen molar-refractivity contribution in [3.05, 3.63) is 33.3 Å². The van der Waals surface area contributed by atoms with E-state index in [1.165, 1.54) is 0 Å². The maximum Gasteiger partial charge on any atom is 0.0575 e. The van der Waals surface area contributed by atoms with Crippen molar-refractivity contribution in [1.29, 1.82) is 0 Å². The molecular weight excluding hydrogens is 324 g/mol. The molecule has 0 unspecified atom stereocenters. The lowest BCUT2D eigenvalue weighted by atomic mass is 9.90. The minimum atomic E-state index is -0.0246. The maximum absolute atomic E-state index is 9.31. The Kier molecular flexibility index (Phi) is 4.78. The zero-order valence-electron chi connectivity index (χ0n) is 9.29. The fraction of sp³-hybridized carbons (Fsp3) is 0.500. The number of benzene rings is 1. The number of aliphatic hydroxyl groups excluding tert-OH is 1. The Morgan fingerprint density at radius 3 is 2.82 bits per heavy atom. The van der Waals surface area contributed by atoms with Gasteiger partial charge in [-0.05, 0) is 23.8 Å². The Morgan fingerprint density at radius 2 is 2.24 bits per heavy atom. The summed E-state index contributed by atoms with van der Waals surface area (Å²) >= 11 is 11.3. The van der Waals surface area contributed by atoms with E-state index < -0.39 is 0 Å². The highest BCUT2D eigenvalue weighted by Gasteiger charge is 2.37. The molecule has 1 aliphatic heterocycles. The highest BCUT2D eigenvalue weighted by atomic mass is 79.9. The molecule has 0 aromatic heterocycles. The molecule has 0 amide bonds. The predicted molar refractivity (Wildman–Crippen MR) is 75.7 cm³/mol. The summed E-state index contributed by atoms with van der Waals surface area (Å²) < 4.78 is 6.21. The van der Waals surface area contributed by atoms with E-state index in [0.29, 0.717) is 13.2 Å². The highest BCUT2D eigenvalue weighted by Crippen LogP contribution is 2.33. The Balaban J connectivity index is 1.87. The van der Waals surface area contributed by atoms with Crippen LogP contribution in [-0.4, -0.2) is 30.7 Å². The third-order valence-corrected chi connectivity index (χ3v) is 5.02. The van der Waals surface area contributed by atoms with Crippen LogP contribution in [0.1, 0.15) is 5.56 Å². The summed E-state index contributed by atoms with van der Waals surface area (Å²) in [5, 5.41) is 10.1. The minimum Gasteiger partial charge on any atom is -0.396 e. The Labute approximate surface area is 119 Å². The summed E-state index contributed by atoms with van der Waals surface area (Å²) in [6.07, 6.45) is 0. The van der Waals surface area contributed by atoms with Gasteiger partial charge in [0.15, 0.2) is 0 Å². The number of aliphatic hydroxyl groups is 1. The molecular formula is C12H14BrClO2S. The smallest absolute Gasteiger partial charge is 0.0575 e. The fourth-order valence-electron chi connectivity index (χ4n) is 1.64. The van der Waals surface area contributed by atoms with Crippen molar-refractivity contribution in [2.75, 3.05) is 25.6 Å². The molecule has 2 nitrogen and oxygen atoms in total. The van der Waals surface area contributed by atoms with Crippen LogP contribution in [0.3, 0.4) is 0 Å². The van der Waals surface area contributed by atoms with E-state index in [9.17, 15) is 5.11 Å². The molecule has 0 radical (unpaired) electrons. The molecule has 0 atom stereocenters. The van der Waals surface area contributed by atoms with Gasteiger partial charge in [-0.2, -0.15) is 11.8 Å². The number of hydrogen-bond donors (Lipinski definition) is 1. The molecule has 2 rings (SSSR count). The van der Waals surface area contributed by atoms with Gasteiger partial charge < -0.3 is 9.84 Å². The highest BCUT2D eigenvalue weighted by molar-refractivity contribution is 9.10. The second-order valence-corrected chi connectivity index (χ2v) is 6.69. The monoisotopic (exact) mass is 336 g/mol. The van der Waals surface area contributed by atoms with E-state index in [2.05, 4.69) is 15.9 Å². The van der Waals surface area contributed by atoms with Gasteiger partial charge in [-0.1, -0.05) is 27.5 Å². The molecule has 1 aromatic rings. The van der Waals surface area contributed by atoms with Crippen LogP contribution in [0.4, 0.5) is 0 Å². The zero-order valence-corrected chi connectivity index (χ0v) is 12.4. The summed E-state index contributed by atoms with van der Waals surface area (Å²) in [4.78, 5) is 0. The third-order valence-electron chi connectivity index (χ3n) is 2.83. The van der Waals surface area contributed by atoms with Crippen molar-refractivity contribution in [2.45, 2.75) is 5.75 Å². The largest absolute Gasteiger partial charge is 0.396 e. The van der Waals surface area contributed by atoms with Gasteiger partial charge >= 0.3 is 0 Å². The normalized spacial score (nSPS) is 17.8. The second kappa shape index (κ2) is 5.93. The minimum absolute atomic E-state index is 0.0246. The number of hydrogen-bond acceptors (Lipinski definition) is 3. The Hall–Kier alpha value is 0.260. The van der Waals surface area contributed by atoms with Crippen molar-refractivity contribution in [2.24, 2.45) is 5.41 Å². The van der Waals surface area contributed by atoms with E-state index in [0.717, 1.165) is 26.6 Å². The van der Waals surface area contributed by atoms with Crippen LogP contribution in [0.25, 0.3) is 0 Å². The van der Waals surface area contributed by atoms with Crippen LogP contribution in [0.5, 0.6) is 0 Å². The van der Waals surface area contributed by atoms with Crippen LogP contribution in [0, 0.1) is 5.41 Å².